The summed E-state index contributed by atoms with van der Waals surface area (Å²) in [7, 11) is -4.65. The first-order valence-corrected chi connectivity index (χ1v) is 14.2. The predicted octanol–water partition coefficient (Wildman–Crippen LogP) is 5.64. The Labute approximate surface area is 240 Å². The molecular weight excluding hydrogens is 586 g/mol. The van der Waals surface area contributed by atoms with Crippen molar-refractivity contribution < 1.29 is 35.6 Å². The molecule has 3 aromatic carbocycles. The Morgan fingerprint density at radius 3 is 2.15 bits per heavy atom. The standard InChI is InChI=1S/C28H28ClF4N3O4S/c1-18(2)34-27(38)19(3)35(16-20-9-7-8-12-24(20)30)26(37)17-36(41(39,40)22-10-5-4-6-11-22)25-15-21(28(31,32)33)13-14-23(25)29/h4-15,18-19H,16-17H2,1-3H3,(H,34,38). The number of rotatable bonds is 10. The second-order valence-electron chi connectivity index (χ2n) is 9.44. The zero-order valence-corrected chi connectivity index (χ0v) is 23.9. The number of carbonyl (C=O) groups is 2. The largest absolute Gasteiger partial charge is 0.416 e. The van der Waals surface area contributed by atoms with Gasteiger partial charge in [0.2, 0.25) is 11.8 Å². The van der Waals surface area contributed by atoms with Gasteiger partial charge in [0, 0.05) is 18.2 Å². The molecule has 0 saturated heterocycles. The highest BCUT2D eigenvalue weighted by Crippen LogP contribution is 2.37. The van der Waals surface area contributed by atoms with Crippen LogP contribution in [0.3, 0.4) is 0 Å². The highest BCUT2D eigenvalue weighted by Gasteiger charge is 2.36. The monoisotopic (exact) mass is 613 g/mol. The number of anilines is 1. The van der Waals surface area contributed by atoms with E-state index < -0.39 is 64.2 Å². The fourth-order valence-corrected chi connectivity index (χ4v) is 5.63. The van der Waals surface area contributed by atoms with E-state index in [0.717, 1.165) is 17.0 Å². The van der Waals surface area contributed by atoms with E-state index in [2.05, 4.69) is 5.32 Å². The van der Waals surface area contributed by atoms with Gasteiger partial charge in [-0.1, -0.05) is 48.0 Å². The van der Waals surface area contributed by atoms with Crippen LogP contribution >= 0.6 is 11.6 Å². The second kappa shape index (κ2) is 12.9. The molecule has 3 rings (SSSR count). The molecule has 1 N–H and O–H groups in total. The smallest absolute Gasteiger partial charge is 0.352 e. The van der Waals surface area contributed by atoms with E-state index in [1.54, 1.807) is 13.8 Å². The molecule has 0 fully saturated rings. The van der Waals surface area contributed by atoms with Crippen molar-refractivity contribution in [1.29, 1.82) is 0 Å². The molecule has 0 radical (unpaired) electrons. The van der Waals surface area contributed by atoms with Gasteiger partial charge in [0.15, 0.2) is 0 Å². The average Bonchev–Trinajstić information content (AvgIpc) is 2.90. The molecule has 0 aromatic heterocycles. The summed E-state index contributed by atoms with van der Waals surface area (Å²) in [6, 6.07) is 12.9. The second-order valence-corrected chi connectivity index (χ2v) is 11.7. The van der Waals surface area contributed by atoms with Crippen molar-refractivity contribution in [3.63, 3.8) is 0 Å². The Morgan fingerprint density at radius 1 is 0.951 bits per heavy atom. The van der Waals surface area contributed by atoms with Gasteiger partial charge < -0.3 is 10.2 Å². The third-order valence-electron chi connectivity index (χ3n) is 6.05. The Morgan fingerprint density at radius 2 is 1.56 bits per heavy atom. The number of hydrogen-bond acceptors (Lipinski definition) is 4. The van der Waals surface area contributed by atoms with Crippen molar-refractivity contribution >= 4 is 39.1 Å². The van der Waals surface area contributed by atoms with Crippen LogP contribution in [0.25, 0.3) is 0 Å². The van der Waals surface area contributed by atoms with Crippen LogP contribution in [0.5, 0.6) is 0 Å². The quantitative estimate of drug-likeness (QED) is 0.300. The van der Waals surface area contributed by atoms with Crippen LogP contribution in [0.15, 0.2) is 77.7 Å². The first-order chi connectivity index (χ1) is 19.1. The topological polar surface area (TPSA) is 86.8 Å². The number of nitrogens with zero attached hydrogens (tertiary/aromatic N) is 2. The van der Waals surface area contributed by atoms with E-state index >= 15 is 0 Å². The van der Waals surface area contributed by atoms with Crippen LogP contribution in [-0.4, -0.2) is 43.8 Å². The van der Waals surface area contributed by atoms with E-state index in [-0.39, 0.29) is 21.5 Å². The van der Waals surface area contributed by atoms with Gasteiger partial charge in [-0.15, -0.1) is 0 Å². The molecule has 0 spiro atoms. The maximum Gasteiger partial charge on any atom is 0.416 e. The summed E-state index contributed by atoms with van der Waals surface area (Å²) >= 11 is 6.21. The minimum absolute atomic E-state index is 0.0413. The van der Waals surface area contributed by atoms with Crippen molar-refractivity contribution in [2.24, 2.45) is 0 Å². The maximum atomic E-state index is 14.6. The van der Waals surface area contributed by atoms with Gasteiger partial charge in [0.05, 0.1) is 21.2 Å². The molecular formula is C28H28ClF4N3O4S. The third kappa shape index (κ3) is 7.76. The molecule has 3 aromatic rings. The normalized spacial score (nSPS) is 12.6. The highest BCUT2D eigenvalue weighted by molar-refractivity contribution is 7.92. The number of carbonyl (C=O) groups excluding carboxylic acids is 2. The van der Waals surface area contributed by atoms with Crippen LogP contribution < -0.4 is 9.62 Å². The summed E-state index contributed by atoms with van der Waals surface area (Å²) in [5.41, 5.74) is -1.74. The molecule has 0 aliphatic rings. The number of amides is 2. The number of alkyl halides is 3. The molecule has 220 valence electrons. The third-order valence-corrected chi connectivity index (χ3v) is 8.14. The van der Waals surface area contributed by atoms with Crippen molar-refractivity contribution in [2.75, 3.05) is 10.8 Å². The van der Waals surface area contributed by atoms with Gasteiger partial charge in [0.1, 0.15) is 18.4 Å². The van der Waals surface area contributed by atoms with Gasteiger partial charge in [-0.3, -0.25) is 13.9 Å². The van der Waals surface area contributed by atoms with Gasteiger partial charge in [0.25, 0.3) is 10.0 Å². The van der Waals surface area contributed by atoms with Crippen molar-refractivity contribution in [3.8, 4) is 0 Å². The molecule has 0 heterocycles. The number of benzene rings is 3. The number of hydrogen-bond donors (Lipinski definition) is 1. The Balaban J connectivity index is 2.14. The van der Waals surface area contributed by atoms with Crippen LogP contribution in [0.1, 0.15) is 31.9 Å². The van der Waals surface area contributed by atoms with E-state index in [1.165, 1.54) is 55.5 Å². The SMILES string of the molecule is CC(C)NC(=O)C(C)N(Cc1ccccc1F)C(=O)CN(c1cc(C(F)(F)F)ccc1Cl)S(=O)(=O)c1ccccc1. The lowest BCUT2D eigenvalue weighted by Crippen LogP contribution is -2.52. The summed E-state index contributed by atoms with van der Waals surface area (Å²) in [6.45, 7) is 3.30. The van der Waals surface area contributed by atoms with Crippen molar-refractivity contribution in [3.05, 3.63) is 94.8 Å². The number of halogens is 5. The van der Waals surface area contributed by atoms with Gasteiger partial charge in [-0.25, -0.2) is 12.8 Å². The summed E-state index contributed by atoms with van der Waals surface area (Å²) in [4.78, 5) is 27.3. The van der Waals surface area contributed by atoms with Crippen molar-refractivity contribution in [1.82, 2.24) is 10.2 Å². The molecule has 13 heteroatoms. The molecule has 0 bridgehead atoms. The molecule has 2 amide bonds. The molecule has 1 atom stereocenters. The molecule has 0 aliphatic heterocycles. The van der Waals surface area contributed by atoms with Crippen molar-refractivity contribution in [2.45, 2.75) is 50.5 Å². The lowest BCUT2D eigenvalue weighted by molar-refractivity contribution is -0.139. The van der Waals surface area contributed by atoms with E-state index in [4.69, 9.17) is 11.6 Å². The van der Waals surface area contributed by atoms with Crippen LogP contribution in [0.2, 0.25) is 5.02 Å². The average molecular weight is 614 g/mol. The molecule has 0 aliphatic carbocycles. The zero-order chi connectivity index (χ0) is 30.5. The van der Waals surface area contributed by atoms with Crippen LogP contribution in [0, 0.1) is 5.82 Å². The summed E-state index contributed by atoms with van der Waals surface area (Å²) < 4.78 is 83.3. The first kappa shape index (κ1) is 31.9. The Kier molecular flexibility index (Phi) is 10.0. The minimum Gasteiger partial charge on any atom is -0.352 e. The highest BCUT2D eigenvalue weighted by atomic mass is 35.5. The Hall–Kier alpha value is -3.64. The van der Waals surface area contributed by atoms with E-state index in [9.17, 15) is 35.6 Å². The summed E-state index contributed by atoms with van der Waals surface area (Å²) in [5.74, 6) is -2.25. The van der Waals surface area contributed by atoms with Gasteiger partial charge >= 0.3 is 6.18 Å². The molecule has 1 unspecified atom stereocenters. The number of nitrogens with one attached hydrogen (secondary N) is 1. The molecule has 0 saturated carbocycles. The number of sulfonamides is 1. The van der Waals surface area contributed by atoms with Gasteiger partial charge in [-0.2, -0.15) is 13.2 Å². The lowest BCUT2D eigenvalue weighted by Gasteiger charge is -2.32. The summed E-state index contributed by atoms with van der Waals surface area (Å²) in [5, 5.41) is 2.28. The van der Waals surface area contributed by atoms with Crippen LogP contribution in [-0.2, 0) is 32.3 Å². The van der Waals surface area contributed by atoms with E-state index in [0.29, 0.717) is 16.4 Å². The Bertz CT molecular complexity index is 1500. The molecule has 41 heavy (non-hydrogen) atoms. The fourth-order valence-electron chi connectivity index (χ4n) is 3.91. The lowest BCUT2D eigenvalue weighted by atomic mass is 10.1. The predicted molar refractivity (Wildman–Crippen MR) is 147 cm³/mol. The van der Waals surface area contributed by atoms with E-state index in [1.807, 2.05) is 0 Å². The zero-order valence-electron chi connectivity index (χ0n) is 22.3. The summed E-state index contributed by atoms with van der Waals surface area (Å²) in [6.07, 6.45) is -4.84. The minimum atomic E-state index is -4.84. The first-order valence-electron chi connectivity index (χ1n) is 12.4. The van der Waals surface area contributed by atoms with Gasteiger partial charge in [-0.05, 0) is 57.2 Å². The maximum absolute atomic E-state index is 14.6. The van der Waals surface area contributed by atoms with Crippen LogP contribution in [0.4, 0.5) is 23.2 Å². The fraction of sp³-hybridized carbons (Fsp3) is 0.286. The molecule has 7 nitrogen and oxygen atoms in total.